The van der Waals surface area contributed by atoms with Crippen LogP contribution in [0.5, 0.6) is 5.75 Å². The topological polar surface area (TPSA) is 58.6 Å². The number of carbonyl (C=O) groups excluding carboxylic acids is 2. The molecule has 0 aliphatic carbocycles. The molecule has 0 aromatic heterocycles. The van der Waals surface area contributed by atoms with Crippen LogP contribution in [0.15, 0.2) is 18.2 Å². The van der Waals surface area contributed by atoms with Gasteiger partial charge in [-0.1, -0.05) is 15.9 Å². The average molecular weight is 329 g/mol. The summed E-state index contributed by atoms with van der Waals surface area (Å²) in [6.07, 6.45) is 0.289. The normalized spacial score (nSPS) is 25.3. The van der Waals surface area contributed by atoms with Crippen molar-refractivity contribution >= 4 is 27.9 Å². The second-order valence-electron chi connectivity index (χ2n) is 4.43. The maximum atomic E-state index is 13.4. The lowest BCUT2D eigenvalue weighted by Crippen LogP contribution is -2.47. The molecule has 1 saturated heterocycles. The second kappa shape index (κ2) is 4.19. The second-order valence-corrected chi connectivity index (χ2v) is 4.93. The average Bonchev–Trinajstić information content (AvgIpc) is 2.63. The van der Waals surface area contributed by atoms with Gasteiger partial charge in [0.05, 0.1) is 12.1 Å². The number of hydrogen-bond acceptors (Lipinski definition) is 3. The molecule has 2 aliphatic heterocycles. The molecule has 1 atom stereocenters. The van der Waals surface area contributed by atoms with Gasteiger partial charge in [-0.15, -0.1) is 0 Å². The Bertz CT molecular complexity index is 580. The number of carbonyl (C=O) groups is 2. The van der Waals surface area contributed by atoms with Gasteiger partial charge < -0.3 is 10.1 Å². The molecule has 0 bridgehead atoms. The van der Waals surface area contributed by atoms with Gasteiger partial charge in [0.25, 0.3) is 5.91 Å². The van der Waals surface area contributed by atoms with E-state index in [0.717, 1.165) is 4.90 Å². The molecule has 2 aliphatic rings. The predicted molar refractivity (Wildman–Crippen MR) is 67.4 cm³/mol. The van der Waals surface area contributed by atoms with Crippen molar-refractivity contribution in [1.29, 1.82) is 0 Å². The van der Waals surface area contributed by atoms with Gasteiger partial charge in [-0.25, -0.2) is 9.18 Å². The summed E-state index contributed by atoms with van der Waals surface area (Å²) < 4.78 is 18.8. The fourth-order valence-corrected chi connectivity index (χ4v) is 2.95. The number of halogens is 2. The number of benzene rings is 1. The Hall–Kier alpha value is -1.63. The molecule has 0 saturated carbocycles. The molecule has 1 spiro atoms. The maximum Gasteiger partial charge on any atom is 0.326 e. The van der Waals surface area contributed by atoms with E-state index in [4.69, 9.17) is 4.74 Å². The predicted octanol–water partition coefficient (Wildman–Crippen LogP) is 1.71. The Morgan fingerprint density at radius 1 is 1.47 bits per heavy atom. The van der Waals surface area contributed by atoms with Crippen LogP contribution >= 0.6 is 15.9 Å². The number of amides is 3. The largest absolute Gasteiger partial charge is 0.493 e. The third kappa shape index (κ3) is 1.64. The minimum absolute atomic E-state index is 0.102. The minimum Gasteiger partial charge on any atom is -0.493 e. The van der Waals surface area contributed by atoms with Crippen molar-refractivity contribution in [3.8, 4) is 5.75 Å². The number of imide groups is 1. The summed E-state index contributed by atoms with van der Waals surface area (Å²) in [7, 11) is 0. The fraction of sp³-hybridized carbons (Fsp3) is 0.333. The Morgan fingerprint density at radius 3 is 2.95 bits per heavy atom. The third-order valence-electron chi connectivity index (χ3n) is 3.43. The number of nitrogens with one attached hydrogen (secondary N) is 1. The zero-order chi connectivity index (χ0) is 13.6. The first-order valence-corrected chi connectivity index (χ1v) is 6.83. The van der Waals surface area contributed by atoms with E-state index in [2.05, 4.69) is 21.2 Å². The van der Waals surface area contributed by atoms with Crippen molar-refractivity contribution < 1.29 is 18.7 Å². The molecule has 3 amide bonds. The van der Waals surface area contributed by atoms with E-state index in [0.29, 0.717) is 17.9 Å². The highest BCUT2D eigenvalue weighted by molar-refractivity contribution is 9.09. The standard InChI is InChI=1S/C12H10BrFN2O3/c13-6-16-10(17)12(15-11(16)18)3-4-19-9-2-1-7(14)5-8(9)12/h1-2,5H,3-4,6H2,(H,15,18). The molecule has 1 aromatic rings. The third-order valence-corrected chi connectivity index (χ3v) is 3.93. The molecule has 1 aromatic carbocycles. The van der Waals surface area contributed by atoms with Crippen LogP contribution in [-0.4, -0.2) is 28.9 Å². The molecular formula is C12H10BrFN2O3. The van der Waals surface area contributed by atoms with E-state index >= 15 is 0 Å². The number of rotatable bonds is 1. The summed E-state index contributed by atoms with van der Waals surface area (Å²) in [5, 5.41) is 2.66. The molecule has 100 valence electrons. The number of urea groups is 1. The molecule has 1 unspecified atom stereocenters. The monoisotopic (exact) mass is 328 g/mol. The Kier molecular flexibility index (Phi) is 2.74. The van der Waals surface area contributed by atoms with Crippen LogP contribution in [0.1, 0.15) is 12.0 Å². The summed E-state index contributed by atoms with van der Waals surface area (Å²) in [5.74, 6) is -0.426. The van der Waals surface area contributed by atoms with Crippen LogP contribution in [0.3, 0.4) is 0 Å². The van der Waals surface area contributed by atoms with E-state index in [9.17, 15) is 14.0 Å². The van der Waals surface area contributed by atoms with Crippen molar-refractivity contribution in [3.05, 3.63) is 29.6 Å². The highest BCUT2D eigenvalue weighted by Gasteiger charge is 2.54. The molecular weight excluding hydrogens is 319 g/mol. The highest BCUT2D eigenvalue weighted by atomic mass is 79.9. The Morgan fingerprint density at radius 2 is 2.26 bits per heavy atom. The van der Waals surface area contributed by atoms with Crippen molar-refractivity contribution in [3.63, 3.8) is 0 Å². The summed E-state index contributed by atoms with van der Waals surface area (Å²) in [6, 6.07) is 3.49. The lowest BCUT2D eigenvalue weighted by Gasteiger charge is -2.33. The van der Waals surface area contributed by atoms with E-state index in [1.54, 1.807) is 0 Å². The summed E-state index contributed by atoms with van der Waals surface area (Å²) >= 11 is 3.10. The quantitative estimate of drug-likeness (QED) is 0.485. The van der Waals surface area contributed by atoms with Gasteiger partial charge in [0, 0.05) is 12.0 Å². The molecule has 19 heavy (non-hydrogen) atoms. The van der Waals surface area contributed by atoms with Crippen molar-refractivity contribution in [2.75, 3.05) is 12.1 Å². The first-order chi connectivity index (χ1) is 9.08. The molecule has 1 fully saturated rings. The SMILES string of the molecule is O=C1NC2(CCOc3ccc(F)cc32)C(=O)N1CBr. The number of fused-ring (bicyclic) bond motifs is 2. The first kappa shape index (κ1) is 12.4. The van der Waals surface area contributed by atoms with Crippen LogP contribution in [0, 0.1) is 5.82 Å². The molecule has 3 rings (SSSR count). The minimum atomic E-state index is -1.21. The van der Waals surface area contributed by atoms with Crippen molar-refractivity contribution in [1.82, 2.24) is 10.2 Å². The van der Waals surface area contributed by atoms with Gasteiger partial charge in [0.1, 0.15) is 11.6 Å². The van der Waals surface area contributed by atoms with Crippen LogP contribution in [-0.2, 0) is 10.3 Å². The van der Waals surface area contributed by atoms with E-state index in [1.165, 1.54) is 18.2 Å². The van der Waals surface area contributed by atoms with Gasteiger partial charge in [-0.2, -0.15) is 0 Å². The van der Waals surface area contributed by atoms with E-state index in [-0.39, 0.29) is 17.8 Å². The lowest BCUT2D eigenvalue weighted by molar-refractivity contribution is -0.131. The number of alkyl halides is 1. The molecule has 0 radical (unpaired) electrons. The summed E-state index contributed by atoms with van der Waals surface area (Å²) in [5.41, 5.74) is -0.730. The molecule has 1 N–H and O–H groups in total. The summed E-state index contributed by atoms with van der Waals surface area (Å²) in [4.78, 5) is 25.3. The Balaban J connectivity index is 2.15. The van der Waals surface area contributed by atoms with Crippen LogP contribution in [0.25, 0.3) is 0 Å². The molecule has 2 heterocycles. The number of hydrogen-bond donors (Lipinski definition) is 1. The first-order valence-electron chi connectivity index (χ1n) is 5.71. The van der Waals surface area contributed by atoms with Gasteiger partial charge in [0.2, 0.25) is 0 Å². The fourth-order valence-electron chi connectivity index (χ4n) is 2.50. The highest BCUT2D eigenvalue weighted by Crippen LogP contribution is 2.41. The van der Waals surface area contributed by atoms with Gasteiger partial charge in [-0.3, -0.25) is 9.69 Å². The van der Waals surface area contributed by atoms with E-state index in [1.807, 2.05) is 0 Å². The van der Waals surface area contributed by atoms with Gasteiger partial charge in [-0.05, 0) is 18.2 Å². The van der Waals surface area contributed by atoms with Gasteiger partial charge >= 0.3 is 6.03 Å². The number of nitrogens with zero attached hydrogens (tertiary/aromatic N) is 1. The Labute approximate surface area is 116 Å². The molecule has 7 heteroatoms. The maximum absolute atomic E-state index is 13.4. The molecule has 5 nitrogen and oxygen atoms in total. The number of ether oxygens (including phenoxy) is 1. The van der Waals surface area contributed by atoms with Crippen LogP contribution < -0.4 is 10.1 Å². The van der Waals surface area contributed by atoms with E-state index < -0.39 is 17.4 Å². The smallest absolute Gasteiger partial charge is 0.326 e. The zero-order valence-corrected chi connectivity index (χ0v) is 11.4. The lowest BCUT2D eigenvalue weighted by atomic mass is 9.84. The van der Waals surface area contributed by atoms with Crippen molar-refractivity contribution in [2.24, 2.45) is 0 Å². The zero-order valence-electron chi connectivity index (χ0n) is 9.78. The van der Waals surface area contributed by atoms with Crippen LogP contribution in [0.2, 0.25) is 0 Å². The van der Waals surface area contributed by atoms with Crippen LogP contribution in [0.4, 0.5) is 9.18 Å². The summed E-state index contributed by atoms with van der Waals surface area (Å²) in [6.45, 7) is 0.292. The van der Waals surface area contributed by atoms with Gasteiger partial charge in [0.15, 0.2) is 5.54 Å². The van der Waals surface area contributed by atoms with Crippen molar-refractivity contribution in [2.45, 2.75) is 12.0 Å².